The molecular formula is C28H36Cl2FN9O. The predicted molar refractivity (Wildman–Crippen MR) is 157 cm³/mol. The van der Waals surface area contributed by atoms with Crippen LogP contribution in [0, 0.1) is 17.7 Å². The highest BCUT2D eigenvalue weighted by Gasteiger charge is 2.41. The molecule has 4 unspecified atom stereocenters. The van der Waals surface area contributed by atoms with Crippen molar-refractivity contribution in [2.75, 3.05) is 26.7 Å². The third kappa shape index (κ3) is 5.80. The first kappa shape index (κ1) is 28.7. The highest BCUT2D eigenvalue weighted by molar-refractivity contribution is 6.31. The van der Waals surface area contributed by atoms with Crippen molar-refractivity contribution in [3.05, 3.63) is 57.1 Å². The van der Waals surface area contributed by atoms with E-state index in [0.717, 1.165) is 51.7 Å². The van der Waals surface area contributed by atoms with Crippen LogP contribution in [0.2, 0.25) is 10.2 Å². The number of fused-ring (bicyclic) bond motifs is 4. The Morgan fingerprint density at radius 2 is 1.95 bits per heavy atom. The quantitative estimate of drug-likeness (QED) is 0.418. The molecular weight excluding hydrogens is 568 g/mol. The molecule has 10 nitrogen and oxygen atoms in total. The smallest absolute Gasteiger partial charge is 0.254 e. The van der Waals surface area contributed by atoms with Crippen LogP contribution in [0.1, 0.15) is 45.1 Å². The summed E-state index contributed by atoms with van der Waals surface area (Å²) in [5.74, 6) is 0.326. The van der Waals surface area contributed by atoms with Gasteiger partial charge in [-0.2, -0.15) is 0 Å². The highest BCUT2D eigenvalue weighted by Crippen LogP contribution is 2.35. The third-order valence-corrected chi connectivity index (χ3v) is 9.47. The zero-order chi connectivity index (χ0) is 28.7. The Morgan fingerprint density at radius 3 is 2.73 bits per heavy atom. The number of aromatic nitrogens is 5. The van der Waals surface area contributed by atoms with Crippen LogP contribution in [-0.4, -0.2) is 74.4 Å². The van der Waals surface area contributed by atoms with Crippen LogP contribution in [0.4, 0.5) is 4.39 Å². The topological polar surface area (TPSA) is 105 Å². The molecule has 5 heterocycles. The van der Waals surface area contributed by atoms with Crippen LogP contribution < -0.4 is 21.6 Å². The summed E-state index contributed by atoms with van der Waals surface area (Å²) < 4.78 is 18.5. The Labute approximate surface area is 248 Å². The van der Waals surface area contributed by atoms with Gasteiger partial charge in [-0.15, -0.1) is 5.10 Å². The minimum absolute atomic E-state index is 0.0673. The molecule has 220 valence electrons. The summed E-state index contributed by atoms with van der Waals surface area (Å²) in [6.45, 7) is 5.10. The van der Waals surface area contributed by atoms with E-state index in [9.17, 15) is 4.79 Å². The number of benzene rings is 1. The van der Waals surface area contributed by atoms with Gasteiger partial charge in [0.1, 0.15) is 0 Å². The van der Waals surface area contributed by atoms with Gasteiger partial charge < -0.3 is 10.6 Å². The Balaban J connectivity index is 1.35. The van der Waals surface area contributed by atoms with Gasteiger partial charge in [-0.25, -0.2) is 19.1 Å². The Hall–Kier alpha value is -2.41. The van der Waals surface area contributed by atoms with Crippen molar-refractivity contribution in [1.29, 1.82) is 0 Å². The second-order valence-corrected chi connectivity index (χ2v) is 12.5. The van der Waals surface area contributed by atoms with Gasteiger partial charge in [0.15, 0.2) is 11.0 Å². The molecule has 2 bridgehead atoms. The van der Waals surface area contributed by atoms with Crippen molar-refractivity contribution in [2.24, 2.45) is 11.8 Å². The van der Waals surface area contributed by atoms with E-state index in [1.807, 2.05) is 0 Å². The van der Waals surface area contributed by atoms with E-state index in [-0.39, 0.29) is 39.1 Å². The zero-order valence-electron chi connectivity index (χ0n) is 23.2. The van der Waals surface area contributed by atoms with Gasteiger partial charge in [0.2, 0.25) is 0 Å². The summed E-state index contributed by atoms with van der Waals surface area (Å²) in [5, 5.41) is 17.7. The standard InChI is InChI=1S/C28H36Cl2FN9O/c1-16-4-3-5-22(19-10-17(8-9-32-19)28-21(33-12-16)13-35-38(28)2)39-15-34-20(11-25(39)41)26-23(7-6-18(29)27(26)31)40-14-24(30)36-37-40/h6-7,11,14-17,19,21-22,28,32-33,35H,3-5,8-10,12-13H2,1-2H3/t16-,17?,19?,21?,22+,28?/m1/s1. The second-order valence-electron chi connectivity index (χ2n) is 11.7. The van der Waals surface area contributed by atoms with Gasteiger partial charge in [0.05, 0.1) is 40.5 Å². The second kappa shape index (κ2) is 12.1. The van der Waals surface area contributed by atoms with Gasteiger partial charge in [-0.1, -0.05) is 41.8 Å². The van der Waals surface area contributed by atoms with Gasteiger partial charge >= 0.3 is 0 Å². The molecule has 3 saturated heterocycles. The molecule has 6 atom stereocenters. The number of nitrogens with zero attached hydrogens (tertiary/aromatic N) is 6. The lowest BCUT2D eigenvalue weighted by Crippen LogP contribution is -2.54. The van der Waals surface area contributed by atoms with E-state index in [2.05, 4.69) is 50.3 Å². The summed E-state index contributed by atoms with van der Waals surface area (Å²) in [6.07, 6.45) is 7.99. The van der Waals surface area contributed by atoms with Crippen LogP contribution in [0.3, 0.4) is 0 Å². The average Bonchev–Trinajstić information content (AvgIpc) is 3.56. The maximum atomic E-state index is 15.4. The number of hydrogen-bond donors (Lipinski definition) is 3. The Morgan fingerprint density at radius 1 is 1.10 bits per heavy atom. The first-order valence-electron chi connectivity index (χ1n) is 14.4. The lowest BCUT2D eigenvalue weighted by atomic mass is 9.80. The fourth-order valence-corrected chi connectivity index (χ4v) is 7.24. The number of hydrogen-bond acceptors (Lipinski definition) is 8. The zero-order valence-corrected chi connectivity index (χ0v) is 24.7. The molecule has 0 radical (unpaired) electrons. The number of nitrogens with one attached hydrogen (secondary N) is 3. The van der Waals surface area contributed by atoms with Crippen LogP contribution in [-0.2, 0) is 0 Å². The lowest BCUT2D eigenvalue weighted by Gasteiger charge is -2.42. The average molecular weight is 605 g/mol. The van der Waals surface area contributed by atoms with Crippen molar-refractivity contribution >= 4 is 23.2 Å². The Bertz CT molecular complexity index is 1450. The van der Waals surface area contributed by atoms with E-state index >= 15 is 4.39 Å². The van der Waals surface area contributed by atoms with Gasteiger partial charge in [0.25, 0.3) is 5.56 Å². The van der Waals surface area contributed by atoms with E-state index in [0.29, 0.717) is 29.6 Å². The van der Waals surface area contributed by atoms with E-state index in [1.165, 1.54) is 23.0 Å². The SMILES string of the molecule is C[C@@H]1CCC[C@H](n2cnc(-c3c(-n4cc(Cl)nn4)ccc(Cl)c3F)cc2=O)C2CC(CCN2)C2C(CNN2C)NC1. The predicted octanol–water partition coefficient (Wildman–Crippen LogP) is 3.44. The first-order chi connectivity index (χ1) is 19.8. The minimum atomic E-state index is -0.685. The van der Waals surface area contributed by atoms with Crippen LogP contribution in [0.25, 0.3) is 16.9 Å². The molecule has 3 N–H and O–H groups in total. The highest BCUT2D eigenvalue weighted by atomic mass is 35.5. The molecule has 6 rings (SSSR count). The van der Waals surface area contributed by atoms with Crippen molar-refractivity contribution in [2.45, 2.75) is 63.2 Å². The van der Waals surface area contributed by atoms with Crippen molar-refractivity contribution < 1.29 is 4.39 Å². The number of halogens is 3. The number of hydrazine groups is 1. The summed E-state index contributed by atoms with van der Waals surface area (Å²) in [4.78, 5) is 18.4. The molecule has 3 aromatic rings. The summed E-state index contributed by atoms with van der Waals surface area (Å²) in [7, 11) is 2.14. The first-order valence-corrected chi connectivity index (χ1v) is 15.1. The molecule has 0 amide bonds. The molecule has 3 aliphatic rings. The van der Waals surface area contributed by atoms with Crippen LogP contribution >= 0.6 is 23.2 Å². The number of rotatable bonds is 3. The van der Waals surface area contributed by atoms with Gasteiger partial charge in [0, 0.05) is 37.8 Å². The fraction of sp³-hybridized carbons (Fsp3) is 0.571. The molecule has 0 aliphatic carbocycles. The normalized spacial score (nSPS) is 29.5. The maximum absolute atomic E-state index is 15.4. The van der Waals surface area contributed by atoms with E-state index < -0.39 is 5.82 Å². The minimum Gasteiger partial charge on any atom is -0.312 e. The van der Waals surface area contributed by atoms with Crippen molar-refractivity contribution in [3.63, 3.8) is 0 Å². The molecule has 0 spiro atoms. The number of likely N-dealkylation sites (N-methyl/N-ethyl adjacent to an activating group) is 1. The van der Waals surface area contributed by atoms with E-state index in [4.69, 9.17) is 23.2 Å². The molecule has 13 heteroatoms. The van der Waals surface area contributed by atoms with Gasteiger partial charge in [-0.05, 0) is 62.7 Å². The largest absolute Gasteiger partial charge is 0.312 e. The molecule has 1 aromatic carbocycles. The molecule has 3 fully saturated rings. The fourth-order valence-electron chi connectivity index (χ4n) is 6.96. The van der Waals surface area contributed by atoms with Gasteiger partial charge in [-0.3, -0.25) is 14.8 Å². The molecule has 2 aromatic heterocycles. The van der Waals surface area contributed by atoms with Crippen molar-refractivity contribution in [3.8, 4) is 16.9 Å². The van der Waals surface area contributed by atoms with Crippen LogP contribution in [0.5, 0.6) is 0 Å². The summed E-state index contributed by atoms with van der Waals surface area (Å²) in [5.41, 5.74) is 3.89. The third-order valence-electron chi connectivity index (χ3n) is 9.01. The lowest BCUT2D eigenvalue weighted by molar-refractivity contribution is 0.108. The maximum Gasteiger partial charge on any atom is 0.254 e. The Kier molecular flexibility index (Phi) is 8.44. The van der Waals surface area contributed by atoms with Crippen LogP contribution in [0.15, 0.2) is 35.5 Å². The summed E-state index contributed by atoms with van der Waals surface area (Å²) in [6, 6.07) is 5.27. The monoisotopic (exact) mass is 603 g/mol. The summed E-state index contributed by atoms with van der Waals surface area (Å²) >= 11 is 12.1. The molecule has 41 heavy (non-hydrogen) atoms. The van der Waals surface area contributed by atoms with E-state index in [1.54, 1.807) is 17.0 Å². The van der Waals surface area contributed by atoms with Crippen molar-refractivity contribution in [1.82, 2.24) is 45.6 Å². The molecule has 3 aliphatic heterocycles. The number of piperidine rings is 1. The molecule has 0 saturated carbocycles.